The Morgan fingerprint density at radius 2 is 1.52 bits per heavy atom. The first kappa shape index (κ1) is 33.3. The summed E-state index contributed by atoms with van der Waals surface area (Å²) < 4.78 is 15.7. The number of fused-ring (bicyclic) bond motifs is 1. The van der Waals surface area contributed by atoms with E-state index < -0.39 is 6.29 Å². The van der Waals surface area contributed by atoms with E-state index in [2.05, 4.69) is 81.7 Å². The van der Waals surface area contributed by atoms with Crippen molar-refractivity contribution in [3.05, 3.63) is 126 Å². The van der Waals surface area contributed by atoms with Gasteiger partial charge < -0.3 is 29.8 Å². The smallest absolute Gasteiger partial charge is 0.315 e. The molecule has 5 fully saturated rings. The molecule has 2 heterocycles. The van der Waals surface area contributed by atoms with Gasteiger partial charge in [0.05, 0.1) is 42.7 Å². The zero-order valence-corrected chi connectivity index (χ0v) is 29.8. The van der Waals surface area contributed by atoms with Gasteiger partial charge in [-0.1, -0.05) is 91.9 Å². The molecule has 0 radical (unpaired) electrons. The van der Waals surface area contributed by atoms with Gasteiger partial charge in [0.25, 0.3) is 0 Å². The maximum atomic E-state index is 13.3. The average molecular weight is 697 g/mol. The fourth-order valence-electron chi connectivity index (χ4n) is 10.2. The number of amides is 2. The summed E-state index contributed by atoms with van der Waals surface area (Å²) in [6.45, 7) is 3.29. The third kappa shape index (κ3) is 6.53. The number of aromatic nitrogens is 2. The summed E-state index contributed by atoms with van der Waals surface area (Å²) in [4.78, 5) is 17.9. The number of aliphatic hydroxyl groups excluding tert-OH is 1. The molecule has 8 nitrogen and oxygen atoms in total. The highest BCUT2D eigenvalue weighted by atomic mass is 16.7. The van der Waals surface area contributed by atoms with Gasteiger partial charge in [0.15, 0.2) is 6.29 Å². The minimum absolute atomic E-state index is 0.00397. The molecule has 5 aromatic rings. The molecule has 268 valence electrons. The highest BCUT2D eigenvalue weighted by molar-refractivity contribution is 5.76. The first-order valence-electron chi connectivity index (χ1n) is 19.1. The van der Waals surface area contributed by atoms with Crippen LogP contribution in [0.3, 0.4) is 0 Å². The van der Waals surface area contributed by atoms with Crippen LogP contribution in [0, 0.1) is 23.7 Å². The Hall–Kier alpha value is -4.50. The number of aliphatic hydroxyl groups is 1. The largest absolute Gasteiger partial charge is 0.392 e. The molecule has 4 unspecified atom stereocenters. The van der Waals surface area contributed by atoms with Crippen molar-refractivity contribution >= 4 is 17.1 Å². The van der Waals surface area contributed by atoms with E-state index in [4.69, 9.17) is 9.47 Å². The fraction of sp³-hybridized carbons (Fsp3) is 0.409. The molecule has 52 heavy (non-hydrogen) atoms. The van der Waals surface area contributed by atoms with Crippen LogP contribution in [0.5, 0.6) is 0 Å². The monoisotopic (exact) mass is 696 g/mol. The number of imidazole rings is 1. The molecule has 1 aromatic heterocycles. The van der Waals surface area contributed by atoms with Crippen LogP contribution in [0.15, 0.2) is 103 Å². The SMILES string of the molecule is CC1C(Cn2cnc3ccccc32)OC(c2ccc(-c3ccccc3CNC(=O)NC34CC5CC(CC(C5)C3)C4)cc2)OC1c1ccc(CO)cc1. The normalized spacial score (nSPS) is 29.3. The van der Waals surface area contributed by atoms with Gasteiger partial charge >= 0.3 is 6.03 Å². The number of nitrogens with one attached hydrogen (secondary N) is 2. The highest BCUT2D eigenvalue weighted by Gasteiger charge is 2.51. The lowest BCUT2D eigenvalue weighted by Crippen LogP contribution is -2.61. The van der Waals surface area contributed by atoms with Crippen molar-refractivity contribution in [3.8, 4) is 11.1 Å². The number of para-hydroxylation sites is 2. The van der Waals surface area contributed by atoms with Crippen LogP contribution in [-0.4, -0.2) is 32.3 Å². The minimum Gasteiger partial charge on any atom is -0.392 e. The van der Waals surface area contributed by atoms with E-state index in [0.717, 1.165) is 81.4 Å². The summed E-state index contributed by atoms with van der Waals surface area (Å²) in [6.07, 6.45) is 8.46. The Morgan fingerprint density at radius 1 is 0.846 bits per heavy atom. The van der Waals surface area contributed by atoms with E-state index in [0.29, 0.717) is 13.1 Å². The maximum absolute atomic E-state index is 13.3. The number of nitrogens with zero attached hydrogens (tertiary/aromatic N) is 2. The Morgan fingerprint density at radius 3 is 2.25 bits per heavy atom. The van der Waals surface area contributed by atoms with Crippen molar-refractivity contribution in [2.75, 3.05) is 0 Å². The number of ether oxygens (including phenoxy) is 2. The second kappa shape index (κ2) is 13.8. The Kier molecular flexibility index (Phi) is 8.85. The lowest BCUT2D eigenvalue weighted by atomic mass is 9.53. The minimum atomic E-state index is -0.572. The molecule has 2 amide bonds. The molecular formula is C44H48N4O4. The number of hydrogen-bond acceptors (Lipinski definition) is 5. The summed E-state index contributed by atoms with van der Waals surface area (Å²) in [7, 11) is 0. The van der Waals surface area contributed by atoms with E-state index >= 15 is 0 Å². The number of rotatable bonds is 9. The van der Waals surface area contributed by atoms with Crippen molar-refractivity contribution in [1.82, 2.24) is 20.2 Å². The van der Waals surface area contributed by atoms with Gasteiger partial charge in [0.2, 0.25) is 0 Å². The van der Waals surface area contributed by atoms with Gasteiger partial charge in [-0.05, 0) is 96.2 Å². The number of benzene rings is 4. The van der Waals surface area contributed by atoms with Crippen LogP contribution in [0.4, 0.5) is 4.79 Å². The molecule has 4 bridgehead atoms. The average Bonchev–Trinajstić information content (AvgIpc) is 3.57. The molecule has 4 atom stereocenters. The summed E-state index contributed by atoms with van der Waals surface area (Å²) in [5, 5.41) is 16.3. The molecule has 10 rings (SSSR count). The Bertz CT molecular complexity index is 2000. The molecule has 5 aliphatic rings. The maximum Gasteiger partial charge on any atom is 0.315 e. The predicted molar refractivity (Wildman–Crippen MR) is 201 cm³/mol. The van der Waals surface area contributed by atoms with Crippen LogP contribution in [0.1, 0.15) is 80.1 Å². The molecule has 8 heteroatoms. The highest BCUT2D eigenvalue weighted by Crippen LogP contribution is 2.55. The number of urea groups is 1. The van der Waals surface area contributed by atoms with Crippen molar-refractivity contribution < 1.29 is 19.4 Å². The lowest BCUT2D eigenvalue weighted by Gasteiger charge is -2.56. The van der Waals surface area contributed by atoms with Crippen LogP contribution in [0.2, 0.25) is 0 Å². The zero-order valence-electron chi connectivity index (χ0n) is 29.8. The molecule has 4 aromatic carbocycles. The molecule has 4 aliphatic carbocycles. The van der Waals surface area contributed by atoms with Crippen molar-refractivity contribution in [2.24, 2.45) is 23.7 Å². The molecule has 0 spiro atoms. The molecular weight excluding hydrogens is 649 g/mol. The molecule has 4 saturated carbocycles. The summed E-state index contributed by atoms with van der Waals surface area (Å²) in [5.41, 5.74) is 8.14. The van der Waals surface area contributed by atoms with E-state index in [9.17, 15) is 9.90 Å². The number of hydrogen-bond donors (Lipinski definition) is 3. The Balaban J connectivity index is 0.922. The third-order valence-corrected chi connectivity index (χ3v) is 12.4. The second-order valence-electron chi connectivity index (χ2n) is 16.0. The molecule has 3 N–H and O–H groups in total. The first-order chi connectivity index (χ1) is 25.4. The number of carbonyl (C=O) groups excluding carboxylic acids is 1. The number of carbonyl (C=O) groups is 1. The zero-order chi connectivity index (χ0) is 35.2. The van der Waals surface area contributed by atoms with Gasteiger partial charge in [-0.15, -0.1) is 0 Å². The third-order valence-electron chi connectivity index (χ3n) is 12.4. The van der Waals surface area contributed by atoms with Crippen molar-refractivity contribution in [1.29, 1.82) is 0 Å². The van der Waals surface area contributed by atoms with E-state index in [1.165, 1.54) is 19.3 Å². The first-order valence-corrected chi connectivity index (χ1v) is 19.1. The topological polar surface area (TPSA) is 97.6 Å². The van der Waals surface area contributed by atoms with Crippen molar-refractivity contribution in [2.45, 2.75) is 89.2 Å². The van der Waals surface area contributed by atoms with Crippen LogP contribution < -0.4 is 10.6 Å². The van der Waals surface area contributed by atoms with Gasteiger partial charge in [0.1, 0.15) is 0 Å². The summed E-state index contributed by atoms with van der Waals surface area (Å²) in [5.74, 6) is 2.41. The Labute approximate surface area is 305 Å². The molecule has 1 aliphatic heterocycles. The predicted octanol–water partition coefficient (Wildman–Crippen LogP) is 8.46. The summed E-state index contributed by atoms with van der Waals surface area (Å²) >= 11 is 0. The standard InChI is InChI=1S/C44H48N4O4/c1-28-40(25-48-27-46-38-8-4-5-9-39(38)48)51-42(52-41(28)34-12-10-29(26-49)11-13-34)35-16-14-33(15-17-35)37-7-3-2-6-36(37)24-45-43(50)47-44-21-30-18-31(22-44)20-32(19-30)23-44/h2-17,27-28,30-32,40-42,49H,18-26H2,1H3,(H2,45,47,50). The van der Waals surface area contributed by atoms with Crippen LogP contribution in [0.25, 0.3) is 22.2 Å². The van der Waals surface area contributed by atoms with E-state index in [1.807, 2.05) is 48.8 Å². The van der Waals surface area contributed by atoms with E-state index in [1.54, 1.807) is 0 Å². The quantitative estimate of drug-likeness (QED) is 0.144. The second-order valence-corrected chi connectivity index (χ2v) is 16.0. The van der Waals surface area contributed by atoms with Gasteiger partial charge in [0, 0.05) is 23.6 Å². The van der Waals surface area contributed by atoms with E-state index in [-0.39, 0.29) is 36.3 Å². The van der Waals surface area contributed by atoms with Crippen LogP contribution >= 0.6 is 0 Å². The van der Waals surface area contributed by atoms with Gasteiger partial charge in [-0.2, -0.15) is 0 Å². The van der Waals surface area contributed by atoms with Crippen molar-refractivity contribution in [3.63, 3.8) is 0 Å². The molecule has 1 saturated heterocycles. The van der Waals surface area contributed by atoms with Crippen LogP contribution in [-0.2, 0) is 29.2 Å². The van der Waals surface area contributed by atoms with Gasteiger partial charge in [-0.25, -0.2) is 9.78 Å². The summed E-state index contributed by atoms with van der Waals surface area (Å²) in [6, 6.07) is 32.9. The van der Waals surface area contributed by atoms with Gasteiger partial charge in [-0.3, -0.25) is 0 Å². The lowest BCUT2D eigenvalue weighted by molar-refractivity contribution is -0.276. The fourth-order valence-corrected chi connectivity index (χ4v) is 10.2.